The molecule has 5 N–H and O–H groups in total. The minimum atomic E-state index is 0.470. The molecule has 21 heavy (non-hydrogen) atoms. The van der Waals surface area contributed by atoms with E-state index >= 15 is 0 Å². The molecular weight excluding hydrogens is 264 g/mol. The van der Waals surface area contributed by atoms with Crippen LogP contribution in [-0.2, 0) is 0 Å². The van der Waals surface area contributed by atoms with Crippen molar-refractivity contribution in [2.75, 3.05) is 21.9 Å². The van der Waals surface area contributed by atoms with Crippen LogP contribution in [0.1, 0.15) is 25.7 Å². The number of hydrogen-bond acceptors (Lipinski definition) is 6. The number of benzene rings is 1. The third-order valence-corrected chi connectivity index (χ3v) is 3.68. The molecule has 6 nitrogen and oxygen atoms in total. The van der Waals surface area contributed by atoms with E-state index in [1.54, 1.807) is 0 Å². The summed E-state index contributed by atoms with van der Waals surface area (Å²) in [6.45, 7) is 0. The fourth-order valence-electron chi connectivity index (χ4n) is 2.53. The third kappa shape index (κ3) is 3.34. The Morgan fingerprint density at radius 3 is 2.43 bits per heavy atom. The van der Waals surface area contributed by atoms with Crippen molar-refractivity contribution >= 4 is 23.0 Å². The zero-order valence-electron chi connectivity index (χ0n) is 11.8. The van der Waals surface area contributed by atoms with Crippen molar-refractivity contribution in [3.05, 3.63) is 36.7 Å². The Morgan fingerprint density at radius 1 is 0.952 bits per heavy atom. The number of nitrogens with one attached hydrogen (secondary N) is 3. The van der Waals surface area contributed by atoms with Crippen molar-refractivity contribution in [2.45, 2.75) is 31.7 Å². The first-order valence-corrected chi connectivity index (χ1v) is 7.27. The molecule has 0 bridgehead atoms. The van der Waals surface area contributed by atoms with Crippen LogP contribution in [0.15, 0.2) is 36.7 Å². The summed E-state index contributed by atoms with van der Waals surface area (Å²) >= 11 is 0. The van der Waals surface area contributed by atoms with Gasteiger partial charge in [0.15, 0.2) is 11.6 Å². The Labute approximate surface area is 124 Å². The Balaban J connectivity index is 1.67. The highest BCUT2D eigenvalue weighted by molar-refractivity contribution is 5.75. The largest absolute Gasteiger partial charge is 0.393 e. The first-order chi connectivity index (χ1) is 10.3. The van der Waals surface area contributed by atoms with E-state index in [9.17, 15) is 0 Å². The van der Waals surface area contributed by atoms with Crippen molar-refractivity contribution < 1.29 is 0 Å². The molecule has 1 aromatic heterocycles. The molecule has 1 aromatic carbocycles. The Kier molecular flexibility index (Phi) is 4.04. The van der Waals surface area contributed by atoms with Gasteiger partial charge in [-0.2, -0.15) is 0 Å². The van der Waals surface area contributed by atoms with Gasteiger partial charge in [0.05, 0.1) is 5.69 Å². The Morgan fingerprint density at radius 2 is 1.67 bits per heavy atom. The molecule has 1 fully saturated rings. The van der Waals surface area contributed by atoms with Gasteiger partial charge in [0.25, 0.3) is 0 Å². The summed E-state index contributed by atoms with van der Waals surface area (Å²) in [5.41, 5.74) is 13.7. The van der Waals surface area contributed by atoms with Gasteiger partial charge >= 0.3 is 0 Å². The molecule has 0 aliphatic heterocycles. The lowest BCUT2D eigenvalue weighted by Crippen LogP contribution is -2.19. The van der Waals surface area contributed by atoms with Crippen LogP contribution in [0.5, 0.6) is 0 Å². The second-order valence-corrected chi connectivity index (χ2v) is 5.23. The minimum Gasteiger partial charge on any atom is -0.393 e. The first-order valence-electron chi connectivity index (χ1n) is 7.27. The molecule has 110 valence electrons. The van der Waals surface area contributed by atoms with Gasteiger partial charge in [-0.3, -0.25) is 10.9 Å². The predicted molar refractivity (Wildman–Crippen MR) is 86.0 cm³/mol. The Bertz CT molecular complexity index is 580. The highest BCUT2D eigenvalue weighted by Crippen LogP contribution is 2.27. The van der Waals surface area contributed by atoms with E-state index in [-0.39, 0.29) is 0 Å². The summed E-state index contributed by atoms with van der Waals surface area (Å²) in [5, 5.41) is 3.40. The zero-order valence-corrected chi connectivity index (χ0v) is 11.8. The lowest BCUT2D eigenvalue weighted by Gasteiger charge is -2.16. The molecule has 0 atom stereocenters. The maximum Gasteiger partial charge on any atom is 0.173 e. The van der Waals surface area contributed by atoms with E-state index in [1.165, 1.54) is 32.0 Å². The number of anilines is 4. The fraction of sp³-hybridized carbons (Fsp3) is 0.333. The predicted octanol–water partition coefficient (Wildman–Crippen LogP) is 2.85. The summed E-state index contributed by atoms with van der Waals surface area (Å²) in [5.74, 6) is 1.28. The molecule has 0 spiro atoms. The van der Waals surface area contributed by atoms with E-state index in [4.69, 9.17) is 5.73 Å². The number of hydrazine groups is 1. The van der Waals surface area contributed by atoms with E-state index in [2.05, 4.69) is 26.1 Å². The van der Waals surface area contributed by atoms with Crippen LogP contribution in [0.2, 0.25) is 0 Å². The molecule has 1 aliphatic carbocycles. The summed E-state index contributed by atoms with van der Waals surface area (Å²) < 4.78 is 0. The van der Waals surface area contributed by atoms with E-state index in [1.807, 2.05) is 30.3 Å². The number of para-hydroxylation sites is 1. The highest BCUT2D eigenvalue weighted by Gasteiger charge is 2.17. The number of hydrogen-bond donors (Lipinski definition) is 4. The fourth-order valence-corrected chi connectivity index (χ4v) is 2.53. The van der Waals surface area contributed by atoms with Crippen LogP contribution in [-0.4, -0.2) is 16.0 Å². The van der Waals surface area contributed by atoms with Crippen molar-refractivity contribution in [3.8, 4) is 0 Å². The average molecular weight is 284 g/mol. The summed E-state index contributed by atoms with van der Waals surface area (Å²) in [4.78, 5) is 8.42. The molecule has 0 saturated heterocycles. The molecule has 1 aliphatic rings. The van der Waals surface area contributed by atoms with Gasteiger partial charge in [0, 0.05) is 6.04 Å². The number of aromatic nitrogens is 2. The van der Waals surface area contributed by atoms with Crippen LogP contribution in [0.25, 0.3) is 0 Å². The molecule has 3 rings (SSSR count). The van der Waals surface area contributed by atoms with Gasteiger partial charge < -0.3 is 11.1 Å². The summed E-state index contributed by atoms with van der Waals surface area (Å²) in [6.07, 6.45) is 6.40. The van der Waals surface area contributed by atoms with Crippen molar-refractivity contribution in [1.82, 2.24) is 9.97 Å². The number of nitrogens with two attached hydrogens (primary N) is 1. The van der Waals surface area contributed by atoms with Crippen LogP contribution >= 0.6 is 0 Å². The minimum absolute atomic E-state index is 0.470. The SMILES string of the molecule is Nc1c(NNc2ccccc2)ncnc1NC1CCCC1. The maximum atomic E-state index is 6.14. The normalized spacial score (nSPS) is 14.9. The first kappa shape index (κ1) is 13.5. The molecule has 0 amide bonds. The molecule has 0 unspecified atom stereocenters. The number of nitrogens with zero attached hydrogens (tertiary/aromatic N) is 2. The van der Waals surface area contributed by atoms with E-state index < -0.39 is 0 Å². The smallest absolute Gasteiger partial charge is 0.173 e. The second-order valence-electron chi connectivity index (χ2n) is 5.23. The summed E-state index contributed by atoms with van der Waals surface area (Å²) in [7, 11) is 0. The monoisotopic (exact) mass is 284 g/mol. The molecule has 0 radical (unpaired) electrons. The van der Waals surface area contributed by atoms with Gasteiger partial charge in [-0.1, -0.05) is 31.0 Å². The van der Waals surface area contributed by atoms with Gasteiger partial charge in [-0.15, -0.1) is 0 Å². The van der Waals surface area contributed by atoms with Crippen molar-refractivity contribution in [3.63, 3.8) is 0 Å². The van der Waals surface area contributed by atoms with E-state index in [0.717, 1.165) is 5.69 Å². The third-order valence-electron chi connectivity index (χ3n) is 3.68. The number of rotatable bonds is 5. The molecule has 2 aromatic rings. The Hall–Kier alpha value is -2.50. The highest BCUT2D eigenvalue weighted by atomic mass is 15.4. The van der Waals surface area contributed by atoms with Crippen LogP contribution in [0, 0.1) is 0 Å². The summed E-state index contributed by atoms with van der Waals surface area (Å²) in [6, 6.07) is 10.3. The van der Waals surface area contributed by atoms with Gasteiger partial charge in [-0.25, -0.2) is 9.97 Å². The lowest BCUT2D eigenvalue weighted by molar-refractivity contribution is 0.750. The van der Waals surface area contributed by atoms with Gasteiger partial charge in [0.1, 0.15) is 12.0 Å². The van der Waals surface area contributed by atoms with Crippen LogP contribution in [0.3, 0.4) is 0 Å². The zero-order chi connectivity index (χ0) is 14.5. The molecular formula is C15H20N6. The van der Waals surface area contributed by atoms with Gasteiger partial charge in [0.2, 0.25) is 0 Å². The maximum absolute atomic E-state index is 6.14. The van der Waals surface area contributed by atoms with Gasteiger partial charge in [-0.05, 0) is 25.0 Å². The quantitative estimate of drug-likeness (QED) is 0.631. The molecule has 6 heteroatoms. The topological polar surface area (TPSA) is 87.9 Å². The second kappa shape index (κ2) is 6.30. The average Bonchev–Trinajstić information content (AvgIpc) is 3.02. The van der Waals surface area contributed by atoms with Crippen LogP contribution in [0.4, 0.5) is 23.0 Å². The lowest BCUT2D eigenvalue weighted by atomic mass is 10.2. The van der Waals surface area contributed by atoms with E-state index in [0.29, 0.717) is 23.4 Å². The molecule has 1 saturated carbocycles. The van der Waals surface area contributed by atoms with Crippen molar-refractivity contribution in [1.29, 1.82) is 0 Å². The van der Waals surface area contributed by atoms with Crippen molar-refractivity contribution in [2.24, 2.45) is 0 Å². The standard InChI is InChI=1S/C15H20N6/c16-13-14(19-11-6-4-5-7-11)17-10-18-15(13)21-20-12-8-2-1-3-9-12/h1-3,8-11,20H,4-7,16H2,(H2,17,18,19,21). The number of nitrogen functional groups attached to an aromatic ring is 1. The molecule has 1 heterocycles. The van der Waals surface area contributed by atoms with Crippen LogP contribution < -0.4 is 21.9 Å².